The second kappa shape index (κ2) is 11.3. The number of hydrogen-bond donors (Lipinski definition) is 1. The quantitative estimate of drug-likeness (QED) is 0.334. The second-order valence-electron chi connectivity index (χ2n) is 6.29. The highest BCUT2D eigenvalue weighted by Gasteiger charge is 2.15. The van der Waals surface area contributed by atoms with Crippen LogP contribution in [0.3, 0.4) is 0 Å². The molecule has 0 radical (unpaired) electrons. The number of carbonyl (C=O) groups is 2. The molecule has 2 aromatic carbocycles. The average Bonchev–Trinajstić information content (AvgIpc) is 3.22. The number of amides is 1. The predicted molar refractivity (Wildman–Crippen MR) is 120 cm³/mol. The number of nitrogens with zero attached hydrogens (tertiary/aromatic N) is 3. The third kappa shape index (κ3) is 6.68. The van der Waals surface area contributed by atoms with Crippen molar-refractivity contribution in [3.05, 3.63) is 59.4 Å². The number of aromatic nitrogens is 3. The van der Waals surface area contributed by atoms with Gasteiger partial charge in [-0.2, -0.15) is 8.78 Å². The first-order valence-electron chi connectivity index (χ1n) is 9.12. The van der Waals surface area contributed by atoms with E-state index in [1.54, 1.807) is 22.8 Å². The fraction of sp³-hybridized carbons (Fsp3) is 0.200. The Morgan fingerprint density at radius 2 is 2.03 bits per heavy atom. The summed E-state index contributed by atoms with van der Waals surface area (Å²) >= 11 is 7.56. The minimum absolute atomic E-state index is 0.108. The number of aryl methyl sites for hydroxylation is 1. The Bertz CT molecular complexity index is 1110. The summed E-state index contributed by atoms with van der Waals surface area (Å²) in [6.45, 7) is 1.34. The molecule has 0 unspecified atom stereocenters. The van der Waals surface area contributed by atoms with E-state index >= 15 is 0 Å². The number of anilines is 1. The van der Waals surface area contributed by atoms with Crippen molar-refractivity contribution in [2.75, 3.05) is 17.7 Å². The van der Waals surface area contributed by atoms with Gasteiger partial charge < -0.3 is 10.1 Å². The highest BCUT2D eigenvalue weighted by Crippen LogP contribution is 2.31. The fourth-order valence-corrected chi connectivity index (χ4v) is 3.99. The summed E-state index contributed by atoms with van der Waals surface area (Å²) < 4.78 is 31.9. The smallest absolute Gasteiger partial charge is 0.316 e. The van der Waals surface area contributed by atoms with Crippen LogP contribution in [-0.2, 0) is 14.3 Å². The molecule has 0 aliphatic heterocycles. The molecule has 32 heavy (non-hydrogen) atoms. The molecule has 0 aliphatic rings. The van der Waals surface area contributed by atoms with Gasteiger partial charge in [0.1, 0.15) is 6.33 Å². The number of benzene rings is 2. The molecular weight excluding hydrogens is 482 g/mol. The molecule has 168 valence electrons. The van der Waals surface area contributed by atoms with E-state index in [4.69, 9.17) is 16.3 Å². The predicted octanol–water partition coefficient (Wildman–Crippen LogP) is 4.82. The molecule has 0 saturated carbocycles. The van der Waals surface area contributed by atoms with Gasteiger partial charge in [-0.1, -0.05) is 53.3 Å². The summed E-state index contributed by atoms with van der Waals surface area (Å²) in [5.41, 5.74) is 1.88. The van der Waals surface area contributed by atoms with Crippen molar-refractivity contribution in [1.29, 1.82) is 0 Å². The maximum absolute atomic E-state index is 12.6. The Morgan fingerprint density at radius 3 is 2.78 bits per heavy atom. The van der Waals surface area contributed by atoms with Gasteiger partial charge in [0.15, 0.2) is 11.8 Å². The molecule has 7 nitrogen and oxygen atoms in total. The van der Waals surface area contributed by atoms with Crippen LogP contribution in [-0.4, -0.2) is 44.8 Å². The van der Waals surface area contributed by atoms with Crippen LogP contribution in [0.15, 0.2) is 58.8 Å². The van der Waals surface area contributed by atoms with Crippen molar-refractivity contribution < 1.29 is 23.1 Å². The molecule has 1 amide bonds. The van der Waals surface area contributed by atoms with Gasteiger partial charge in [0.25, 0.3) is 11.7 Å². The molecule has 0 spiro atoms. The van der Waals surface area contributed by atoms with Crippen molar-refractivity contribution >= 4 is 52.7 Å². The number of halogens is 3. The molecule has 1 aromatic heterocycles. The lowest BCUT2D eigenvalue weighted by Gasteiger charge is -2.11. The molecule has 3 rings (SSSR count). The van der Waals surface area contributed by atoms with Crippen LogP contribution in [0.25, 0.3) is 5.69 Å². The van der Waals surface area contributed by atoms with Gasteiger partial charge >= 0.3 is 5.97 Å². The van der Waals surface area contributed by atoms with Crippen molar-refractivity contribution in [2.45, 2.75) is 22.7 Å². The summed E-state index contributed by atoms with van der Waals surface area (Å²) in [6, 6.07) is 11.6. The van der Waals surface area contributed by atoms with Crippen molar-refractivity contribution in [3.8, 4) is 5.69 Å². The highest BCUT2D eigenvalue weighted by molar-refractivity contribution is 8.00. The Labute approximate surface area is 195 Å². The Balaban J connectivity index is 1.51. The number of nitrogens with one attached hydrogen (secondary N) is 1. The molecule has 0 aliphatic carbocycles. The topological polar surface area (TPSA) is 86.1 Å². The largest absolute Gasteiger partial charge is 0.455 e. The molecule has 0 fully saturated rings. The molecule has 1 heterocycles. The first kappa shape index (κ1) is 24.0. The first-order chi connectivity index (χ1) is 15.3. The van der Waals surface area contributed by atoms with E-state index in [2.05, 4.69) is 15.5 Å². The van der Waals surface area contributed by atoms with Gasteiger partial charge in [-0.05, 0) is 36.8 Å². The molecule has 3 aromatic rings. The number of thioether (sulfide) groups is 2. The lowest BCUT2D eigenvalue weighted by molar-refractivity contribution is -0.144. The second-order valence-corrected chi connectivity index (χ2v) is 8.67. The normalized spacial score (nSPS) is 10.9. The zero-order valence-corrected chi connectivity index (χ0v) is 19.0. The van der Waals surface area contributed by atoms with Gasteiger partial charge in [0, 0.05) is 9.92 Å². The first-order valence-corrected chi connectivity index (χ1v) is 11.4. The highest BCUT2D eigenvalue weighted by atomic mass is 35.5. The van der Waals surface area contributed by atoms with Crippen molar-refractivity contribution in [2.24, 2.45) is 0 Å². The maximum Gasteiger partial charge on any atom is 0.316 e. The van der Waals surface area contributed by atoms with Gasteiger partial charge in [0.05, 0.1) is 17.1 Å². The summed E-state index contributed by atoms with van der Waals surface area (Å²) in [5, 5.41) is 11.3. The minimum atomic E-state index is -2.62. The van der Waals surface area contributed by atoms with Gasteiger partial charge in [-0.15, -0.1) is 10.2 Å². The summed E-state index contributed by atoms with van der Waals surface area (Å²) in [5.74, 6) is -4.01. The van der Waals surface area contributed by atoms with E-state index < -0.39 is 24.2 Å². The lowest BCUT2D eigenvalue weighted by Crippen LogP contribution is -2.22. The number of carbonyl (C=O) groups excluding carboxylic acids is 2. The van der Waals surface area contributed by atoms with Crippen molar-refractivity contribution in [3.63, 3.8) is 0 Å². The van der Waals surface area contributed by atoms with Gasteiger partial charge in [0.2, 0.25) is 0 Å². The van der Waals surface area contributed by atoms with E-state index in [0.717, 1.165) is 23.0 Å². The number of esters is 1. The van der Waals surface area contributed by atoms with E-state index in [1.807, 2.05) is 19.1 Å². The van der Waals surface area contributed by atoms with E-state index in [9.17, 15) is 18.4 Å². The molecule has 0 saturated heterocycles. The van der Waals surface area contributed by atoms with Crippen LogP contribution < -0.4 is 5.32 Å². The Kier molecular flexibility index (Phi) is 8.48. The number of ether oxygens (including phenoxy) is 1. The number of alkyl halides is 2. The summed E-state index contributed by atoms with van der Waals surface area (Å²) in [4.78, 5) is 24.3. The summed E-state index contributed by atoms with van der Waals surface area (Å²) in [6.07, 6.45) is 1.50. The molecule has 12 heteroatoms. The fourth-order valence-electron chi connectivity index (χ4n) is 2.50. The zero-order valence-electron chi connectivity index (χ0n) is 16.6. The standard InChI is InChI=1S/C20H17ClF2N4O3S2/c1-12-6-7-13(8-14(12)21)27-11-24-26-20(27)31-10-18(29)30-9-17(28)25-15-4-2-3-5-16(15)32-19(22)23/h2-8,11,19H,9-10H2,1H3,(H,25,28). The van der Waals surface area contributed by atoms with Gasteiger partial charge in [-0.3, -0.25) is 14.2 Å². The third-order valence-corrected chi connectivity index (χ3v) is 6.12. The Morgan fingerprint density at radius 1 is 1.25 bits per heavy atom. The van der Waals surface area contributed by atoms with Crippen LogP contribution in [0.1, 0.15) is 5.56 Å². The van der Waals surface area contributed by atoms with E-state index in [0.29, 0.717) is 21.9 Å². The molecular formula is C20H17ClF2N4O3S2. The third-order valence-electron chi connectivity index (χ3n) is 4.01. The Hall–Kier alpha value is -2.63. The monoisotopic (exact) mass is 498 g/mol. The number of rotatable bonds is 9. The van der Waals surface area contributed by atoms with E-state index in [-0.39, 0.29) is 16.3 Å². The maximum atomic E-state index is 12.6. The lowest BCUT2D eigenvalue weighted by atomic mass is 10.2. The molecule has 1 N–H and O–H groups in total. The van der Waals surface area contributed by atoms with Crippen LogP contribution in [0.4, 0.5) is 14.5 Å². The van der Waals surface area contributed by atoms with Crippen LogP contribution in [0.2, 0.25) is 5.02 Å². The molecule has 0 bridgehead atoms. The van der Waals surface area contributed by atoms with Crippen LogP contribution >= 0.6 is 35.1 Å². The zero-order chi connectivity index (χ0) is 23.1. The average molecular weight is 499 g/mol. The number of hydrogen-bond acceptors (Lipinski definition) is 7. The van der Waals surface area contributed by atoms with E-state index in [1.165, 1.54) is 18.5 Å². The minimum Gasteiger partial charge on any atom is -0.455 e. The van der Waals surface area contributed by atoms with Crippen LogP contribution in [0.5, 0.6) is 0 Å². The van der Waals surface area contributed by atoms with Crippen LogP contribution in [0, 0.1) is 6.92 Å². The summed E-state index contributed by atoms with van der Waals surface area (Å²) in [7, 11) is 0. The van der Waals surface area contributed by atoms with Crippen molar-refractivity contribution in [1.82, 2.24) is 14.8 Å². The van der Waals surface area contributed by atoms with Gasteiger partial charge in [-0.25, -0.2) is 0 Å². The number of para-hydroxylation sites is 1. The molecule has 0 atom stereocenters. The SMILES string of the molecule is Cc1ccc(-n2cnnc2SCC(=O)OCC(=O)Nc2ccccc2SC(F)F)cc1Cl.